The predicted molar refractivity (Wildman–Crippen MR) is 63.6 cm³/mol. The molecule has 0 aromatic rings. The predicted octanol–water partition coefficient (Wildman–Crippen LogP) is 2.22. The third-order valence-electron chi connectivity index (χ3n) is 3.69. The number of hydrogen-bond acceptors (Lipinski definition) is 2. The number of hydrogen-bond donors (Lipinski definition) is 1. The van der Waals surface area contributed by atoms with Crippen molar-refractivity contribution in [2.45, 2.75) is 62.5 Å². The van der Waals surface area contributed by atoms with Crippen molar-refractivity contribution in [3.05, 3.63) is 0 Å². The lowest BCUT2D eigenvalue weighted by Crippen LogP contribution is -2.49. The highest BCUT2D eigenvalue weighted by molar-refractivity contribution is 6.20. The zero-order valence-corrected chi connectivity index (χ0v) is 10.6. The zero-order chi connectivity index (χ0) is 11.6. The van der Waals surface area contributed by atoms with Gasteiger partial charge in [-0.2, -0.15) is 0 Å². The Morgan fingerprint density at radius 1 is 1.38 bits per heavy atom. The van der Waals surface area contributed by atoms with E-state index < -0.39 is 5.60 Å². The van der Waals surface area contributed by atoms with Gasteiger partial charge in [0.15, 0.2) is 0 Å². The highest BCUT2D eigenvalue weighted by Crippen LogP contribution is 2.27. The van der Waals surface area contributed by atoms with Crippen molar-refractivity contribution in [3.63, 3.8) is 0 Å². The van der Waals surface area contributed by atoms with Gasteiger partial charge in [-0.05, 0) is 45.4 Å². The first-order valence-corrected chi connectivity index (χ1v) is 6.63. The molecule has 1 saturated carbocycles. The molecule has 4 heteroatoms. The summed E-state index contributed by atoms with van der Waals surface area (Å²) >= 11 is 6.04. The van der Waals surface area contributed by atoms with Gasteiger partial charge in [-0.25, -0.2) is 0 Å². The van der Waals surface area contributed by atoms with Crippen LogP contribution in [0.1, 0.15) is 45.4 Å². The summed E-state index contributed by atoms with van der Waals surface area (Å²) in [6.45, 7) is 2.60. The molecule has 0 bridgehead atoms. The van der Waals surface area contributed by atoms with E-state index in [-0.39, 0.29) is 5.91 Å². The van der Waals surface area contributed by atoms with E-state index in [1.54, 1.807) is 0 Å². The number of rotatable bonds is 2. The Balaban J connectivity index is 1.83. The minimum atomic E-state index is -0.586. The number of halogens is 1. The van der Waals surface area contributed by atoms with Crippen molar-refractivity contribution in [2.24, 2.45) is 0 Å². The van der Waals surface area contributed by atoms with E-state index >= 15 is 0 Å². The maximum atomic E-state index is 12.0. The number of carbonyl (C=O) groups is 1. The Kier molecular flexibility index (Phi) is 3.75. The van der Waals surface area contributed by atoms with Gasteiger partial charge < -0.3 is 10.1 Å². The molecule has 1 aliphatic heterocycles. The highest BCUT2D eigenvalue weighted by Gasteiger charge is 2.38. The highest BCUT2D eigenvalue weighted by atomic mass is 35.5. The summed E-state index contributed by atoms with van der Waals surface area (Å²) in [5, 5.41) is 3.40. The van der Waals surface area contributed by atoms with Crippen LogP contribution in [-0.4, -0.2) is 29.5 Å². The fraction of sp³-hybridized carbons (Fsp3) is 0.917. The second-order valence-corrected chi connectivity index (χ2v) is 5.72. The van der Waals surface area contributed by atoms with Gasteiger partial charge in [0.05, 0.1) is 0 Å². The summed E-state index contributed by atoms with van der Waals surface area (Å²) in [4.78, 5) is 12.0. The molecular formula is C12H20ClNO2. The summed E-state index contributed by atoms with van der Waals surface area (Å²) in [7, 11) is 0. The molecular weight excluding hydrogens is 226 g/mol. The van der Waals surface area contributed by atoms with E-state index in [4.69, 9.17) is 16.3 Å². The first kappa shape index (κ1) is 12.2. The molecule has 92 valence electrons. The Hall–Kier alpha value is -0.280. The third kappa shape index (κ3) is 2.69. The molecule has 1 atom stereocenters. The van der Waals surface area contributed by atoms with E-state index in [0.717, 1.165) is 38.5 Å². The molecule has 3 nitrogen and oxygen atoms in total. The molecule has 1 saturated heterocycles. The fourth-order valence-corrected chi connectivity index (χ4v) is 2.75. The van der Waals surface area contributed by atoms with Crippen LogP contribution in [0.15, 0.2) is 0 Å². The minimum Gasteiger partial charge on any atom is -0.365 e. The maximum absolute atomic E-state index is 12.0. The molecule has 0 radical (unpaired) electrons. The van der Waals surface area contributed by atoms with Crippen LogP contribution in [0.25, 0.3) is 0 Å². The Morgan fingerprint density at radius 3 is 2.62 bits per heavy atom. The van der Waals surface area contributed by atoms with Crippen LogP contribution < -0.4 is 5.32 Å². The normalized spacial score (nSPS) is 39.6. The van der Waals surface area contributed by atoms with E-state index in [2.05, 4.69) is 5.32 Å². The SMILES string of the molecule is CC1(C(=O)NC2CCC(Cl)CC2)CCCO1. The van der Waals surface area contributed by atoms with Crippen LogP contribution in [0.5, 0.6) is 0 Å². The topological polar surface area (TPSA) is 38.3 Å². The number of ether oxygens (including phenoxy) is 1. The quantitative estimate of drug-likeness (QED) is 0.758. The molecule has 2 aliphatic rings. The van der Waals surface area contributed by atoms with E-state index in [9.17, 15) is 4.79 Å². The Bertz CT molecular complexity index is 256. The van der Waals surface area contributed by atoms with Crippen LogP contribution in [0.4, 0.5) is 0 Å². The third-order valence-corrected chi connectivity index (χ3v) is 4.13. The number of nitrogens with one attached hydrogen (secondary N) is 1. The summed E-state index contributed by atoms with van der Waals surface area (Å²) < 4.78 is 5.53. The molecule has 1 aliphatic carbocycles. The van der Waals surface area contributed by atoms with Crippen molar-refractivity contribution in [2.75, 3.05) is 6.61 Å². The lowest BCUT2D eigenvalue weighted by Gasteiger charge is -2.29. The first-order chi connectivity index (χ1) is 7.60. The molecule has 16 heavy (non-hydrogen) atoms. The molecule has 0 spiro atoms. The molecule has 2 fully saturated rings. The van der Waals surface area contributed by atoms with Crippen molar-refractivity contribution in [3.8, 4) is 0 Å². The number of alkyl halides is 1. The van der Waals surface area contributed by atoms with Crippen LogP contribution in [-0.2, 0) is 9.53 Å². The van der Waals surface area contributed by atoms with Crippen LogP contribution in [0.2, 0.25) is 0 Å². The van der Waals surface area contributed by atoms with Crippen LogP contribution in [0, 0.1) is 0 Å². The van der Waals surface area contributed by atoms with Crippen molar-refractivity contribution >= 4 is 17.5 Å². The van der Waals surface area contributed by atoms with Crippen LogP contribution in [0.3, 0.4) is 0 Å². The first-order valence-electron chi connectivity index (χ1n) is 6.19. The lowest BCUT2D eigenvalue weighted by atomic mass is 9.93. The Morgan fingerprint density at radius 2 is 2.06 bits per heavy atom. The van der Waals surface area contributed by atoms with Gasteiger partial charge in [0, 0.05) is 18.0 Å². The van der Waals surface area contributed by atoms with Gasteiger partial charge in [0.25, 0.3) is 5.91 Å². The molecule has 1 amide bonds. The summed E-state index contributed by atoms with van der Waals surface area (Å²) in [5.74, 6) is 0.0584. The number of carbonyl (C=O) groups excluding carboxylic acids is 1. The van der Waals surface area contributed by atoms with Gasteiger partial charge in [0.1, 0.15) is 5.60 Å². The summed E-state index contributed by atoms with van der Waals surface area (Å²) in [6.07, 6.45) is 5.82. The summed E-state index contributed by atoms with van der Waals surface area (Å²) in [6, 6.07) is 0.295. The molecule has 2 rings (SSSR count). The van der Waals surface area contributed by atoms with Gasteiger partial charge in [-0.1, -0.05) is 0 Å². The average Bonchev–Trinajstić information content (AvgIpc) is 2.70. The average molecular weight is 246 g/mol. The molecule has 0 aromatic carbocycles. The van der Waals surface area contributed by atoms with Gasteiger partial charge >= 0.3 is 0 Å². The minimum absolute atomic E-state index is 0.0584. The van der Waals surface area contributed by atoms with E-state index in [0.29, 0.717) is 18.0 Å². The van der Waals surface area contributed by atoms with Crippen LogP contribution >= 0.6 is 11.6 Å². The van der Waals surface area contributed by atoms with Gasteiger partial charge in [0.2, 0.25) is 0 Å². The standard InChI is InChI=1S/C12H20ClNO2/c1-12(7-2-8-16-12)11(15)14-10-5-3-9(13)4-6-10/h9-10H,2-8H2,1H3,(H,14,15). The van der Waals surface area contributed by atoms with Gasteiger partial charge in [-0.3, -0.25) is 4.79 Å². The molecule has 0 aromatic heterocycles. The molecule has 1 unspecified atom stereocenters. The molecule has 1 heterocycles. The lowest BCUT2D eigenvalue weighted by molar-refractivity contribution is -0.140. The fourth-order valence-electron chi connectivity index (χ4n) is 2.49. The monoisotopic (exact) mass is 245 g/mol. The Labute approximate surface area is 102 Å². The van der Waals surface area contributed by atoms with E-state index in [1.807, 2.05) is 6.92 Å². The number of amides is 1. The smallest absolute Gasteiger partial charge is 0.252 e. The van der Waals surface area contributed by atoms with Crippen molar-refractivity contribution in [1.82, 2.24) is 5.32 Å². The molecule has 1 N–H and O–H groups in total. The second-order valence-electron chi connectivity index (χ2n) is 5.11. The summed E-state index contributed by atoms with van der Waals surface area (Å²) in [5.41, 5.74) is -0.586. The zero-order valence-electron chi connectivity index (χ0n) is 9.80. The van der Waals surface area contributed by atoms with Crippen molar-refractivity contribution in [1.29, 1.82) is 0 Å². The van der Waals surface area contributed by atoms with E-state index in [1.165, 1.54) is 0 Å². The second kappa shape index (κ2) is 4.92. The largest absolute Gasteiger partial charge is 0.365 e. The maximum Gasteiger partial charge on any atom is 0.252 e. The van der Waals surface area contributed by atoms with Crippen molar-refractivity contribution < 1.29 is 9.53 Å². The van der Waals surface area contributed by atoms with Gasteiger partial charge in [-0.15, -0.1) is 11.6 Å².